The number of ether oxygens (including phenoxy) is 2. The molecule has 0 saturated heterocycles. The van der Waals surface area contributed by atoms with Crippen LogP contribution in [-0.4, -0.2) is 25.1 Å². The first-order valence-electron chi connectivity index (χ1n) is 8.38. The smallest absolute Gasteiger partial charge is 0.344 e. The van der Waals surface area contributed by atoms with Crippen LogP contribution in [0.15, 0.2) is 53.0 Å². The fourth-order valence-electron chi connectivity index (χ4n) is 2.39. The molecular weight excluding hydrogens is 398 g/mol. The predicted molar refractivity (Wildman–Crippen MR) is 103 cm³/mol. The van der Waals surface area contributed by atoms with Gasteiger partial charge in [-0.2, -0.15) is 0 Å². The Kier molecular flexibility index (Phi) is 7.66. The summed E-state index contributed by atoms with van der Waals surface area (Å²) in [4.78, 5) is 23.8. The van der Waals surface area contributed by atoms with E-state index in [0.717, 1.165) is 22.0 Å². The minimum Gasteiger partial charge on any atom is -0.482 e. The summed E-state index contributed by atoms with van der Waals surface area (Å²) in [6, 6.07) is 15.0. The van der Waals surface area contributed by atoms with Crippen molar-refractivity contribution < 1.29 is 19.1 Å². The molecule has 0 heterocycles. The highest BCUT2D eigenvalue weighted by atomic mass is 79.9. The van der Waals surface area contributed by atoms with Crippen molar-refractivity contribution in [2.45, 2.75) is 26.3 Å². The quantitative estimate of drug-likeness (QED) is 0.657. The molecule has 0 radical (unpaired) electrons. The Balaban J connectivity index is 1.77. The third-order valence-corrected chi connectivity index (χ3v) is 4.35. The Morgan fingerprint density at radius 3 is 2.42 bits per heavy atom. The zero-order chi connectivity index (χ0) is 18.9. The van der Waals surface area contributed by atoms with Crippen LogP contribution in [-0.2, 0) is 14.3 Å². The van der Waals surface area contributed by atoms with E-state index in [1.54, 1.807) is 6.07 Å². The summed E-state index contributed by atoms with van der Waals surface area (Å²) in [6.07, 6.45) is 0.734. The summed E-state index contributed by atoms with van der Waals surface area (Å²) in [5.74, 6) is -0.306. The molecule has 0 saturated carbocycles. The fourth-order valence-corrected chi connectivity index (χ4v) is 2.66. The lowest BCUT2D eigenvalue weighted by Gasteiger charge is -2.17. The van der Waals surface area contributed by atoms with Gasteiger partial charge in [0, 0.05) is 4.47 Å². The lowest BCUT2D eigenvalue weighted by atomic mass is 10.0. The molecule has 0 aliphatic rings. The zero-order valence-electron chi connectivity index (χ0n) is 14.8. The van der Waals surface area contributed by atoms with E-state index in [0.29, 0.717) is 5.75 Å². The summed E-state index contributed by atoms with van der Waals surface area (Å²) in [6.45, 7) is 3.31. The number of carbonyl (C=O) groups excluding carboxylic acids is 2. The van der Waals surface area contributed by atoms with Crippen molar-refractivity contribution in [1.29, 1.82) is 0 Å². The minimum atomic E-state index is -0.583. The number of esters is 1. The highest BCUT2D eigenvalue weighted by Crippen LogP contribution is 2.19. The SMILES string of the molecule is CC[C@H](NC(=O)COC(=O)COc1ccccc1C)c1ccc(Br)cc1. The Bertz CT molecular complexity index is 746. The van der Waals surface area contributed by atoms with Crippen molar-refractivity contribution in [3.8, 4) is 5.75 Å². The Hall–Kier alpha value is -2.34. The third kappa shape index (κ3) is 6.19. The van der Waals surface area contributed by atoms with E-state index < -0.39 is 5.97 Å². The van der Waals surface area contributed by atoms with E-state index >= 15 is 0 Å². The first-order valence-corrected chi connectivity index (χ1v) is 9.17. The summed E-state index contributed by atoms with van der Waals surface area (Å²) < 4.78 is 11.4. The van der Waals surface area contributed by atoms with Gasteiger partial charge in [0.15, 0.2) is 13.2 Å². The average Bonchev–Trinajstić information content (AvgIpc) is 2.64. The summed E-state index contributed by atoms with van der Waals surface area (Å²) in [7, 11) is 0. The van der Waals surface area contributed by atoms with Crippen LogP contribution in [0.5, 0.6) is 5.75 Å². The highest BCUT2D eigenvalue weighted by Gasteiger charge is 2.14. The van der Waals surface area contributed by atoms with Gasteiger partial charge < -0.3 is 14.8 Å². The van der Waals surface area contributed by atoms with Crippen LogP contribution in [0.4, 0.5) is 0 Å². The molecule has 1 atom stereocenters. The Morgan fingerprint density at radius 1 is 1.08 bits per heavy atom. The first-order chi connectivity index (χ1) is 12.5. The number of amides is 1. The van der Waals surface area contributed by atoms with Gasteiger partial charge in [0.05, 0.1) is 6.04 Å². The largest absolute Gasteiger partial charge is 0.482 e. The van der Waals surface area contributed by atoms with Gasteiger partial charge in [-0.1, -0.05) is 53.2 Å². The molecule has 0 bridgehead atoms. The number of nitrogens with one attached hydrogen (secondary N) is 1. The molecule has 0 aliphatic heterocycles. The maximum absolute atomic E-state index is 12.0. The third-order valence-electron chi connectivity index (χ3n) is 3.82. The van der Waals surface area contributed by atoms with Gasteiger partial charge in [0.1, 0.15) is 5.75 Å². The number of rotatable bonds is 8. The van der Waals surface area contributed by atoms with E-state index in [9.17, 15) is 9.59 Å². The molecule has 5 nitrogen and oxygen atoms in total. The maximum atomic E-state index is 12.0. The zero-order valence-corrected chi connectivity index (χ0v) is 16.4. The van der Waals surface area contributed by atoms with Crippen molar-refractivity contribution in [3.63, 3.8) is 0 Å². The lowest BCUT2D eigenvalue weighted by Crippen LogP contribution is -2.32. The van der Waals surface area contributed by atoms with Crippen LogP contribution in [0.3, 0.4) is 0 Å². The molecular formula is C20H22BrNO4. The molecule has 0 aliphatic carbocycles. The number of benzene rings is 2. The summed E-state index contributed by atoms with van der Waals surface area (Å²) in [5, 5.41) is 2.87. The van der Waals surface area contributed by atoms with Crippen LogP contribution in [0.25, 0.3) is 0 Å². The van der Waals surface area contributed by atoms with Gasteiger partial charge in [0.25, 0.3) is 5.91 Å². The molecule has 2 aromatic carbocycles. The maximum Gasteiger partial charge on any atom is 0.344 e. The number of para-hydroxylation sites is 1. The van der Waals surface area contributed by atoms with Gasteiger partial charge in [-0.15, -0.1) is 0 Å². The van der Waals surface area contributed by atoms with Crippen molar-refractivity contribution in [2.75, 3.05) is 13.2 Å². The van der Waals surface area contributed by atoms with Crippen LogP contribution >= 0.6 is 15.9 Å². The lowest BCUT2D eigenvalue weighted by molar-refractivity contribution is -0.150. The van der Waals surface area contributed by atoms with E-state index in [1.165, 1.54) is 0 Å². The molecule has 0 fully saturated rings. The molecule has 2 rings (SSSR count). The predicted octanol–water partition coefficient (Wildman–Crippen LogP) is 3.95. The minimum absolute atomic E-state index is 0.127. The van der Waals surface area contributed by atoms with E-state index in [1.807, 2.05) is 56.3 Å². The second kappa shape index (κ2) is 9.97. The Labute approximate surface area is 161 Å². The van der Waals surface area contributed by atoms with Crippen LogP contribution in [0.2, 0.25) is 0 Å². The highest BCUT2D eigenvalue weighted by molar-refractivity contribution is 9.10. The molecule has 0 aromatic heterocycles. The number of hydrogen-bond donors (Lipinski definition) is 1. The van der Waals surface area contributed by atoms with E-state index in [-0.39, 0.29) is 25.2 Å². The molecule has 0 spiro atoms. The average molecular weight is 420 g/mol. The fraction of sp³-hybridized carbons (Fsp3) is 0.300. The molecule has 0 unspecified atom stereocenters. The van der Waals surface area contributed by atoms with Gasteiger partial charge >= 0.3 is 5.97 Å². The molecule has 6 heteroatoms. The normalized spacial score (nSPS) is 11.5. The molecule has 26 heavy (non-hydrogen) atoms. The van der Waals surface area contributed by atoms with Gasteiger partial charge in [-0.25, -0.2) is 4.79 Å². The number of hydrogen-bond acceptors (Lipinski definition) is 4. The van der Waals surface area contributed by atoms with Crippen LogP contribution in [0.1, 0.15) is 30.5 Å². The molecule has 1 amide bonds. The topological polar surface area (TPSA) is 64.6 Å². The molecule has 138 valence electrons. The van der Waals surface area contributed by atoms with E-state index in [2.05, 4.69) is 21.2 Å². The van der Waals surface area contributed by atoms with Gasteiger partial charge in [-0.3, -0.25) is 4.79 Å². The van der Waals surface area contributed by atoms with Gasteiger partial charge in [0.2, 0.25) is 0 Å². The summed E-state index contributed by atoms with van der Waals surface area (Å²) >= 11 is 3.39. The molecule has 2 aromatic rings. The van der Waals surface area contributed by atoms with Gasteiger partial charge in [-0.05, 0) is 42.7 Å². The number of aryl methyl sites for hydroxylation is 1. The van der Waals surface area contributed by atoms with Crippen molar-refractivity contribution in [2.24, 2.45) is 0 Å². The second-order valence-electron chi connectivity index (χ2n) is 5.79. The monoisotopic (exact) mass is 419 g/mol. The number of halogens is 1. The number of carbonyl (C=O) groups is 2. The second-order valence-corrected chi connectivity index (χ2v) is 6.71. The van der Waals surface area contributed by atoms with Crippen molar-refractivity contribution in [1.82, 2.24) is 5.32 Å². The van der Waals surface area contributed by atoms with Crippen molar-refractivity contribution in [3.05, 3.63) is 64.1 Å². The Morgan fingerprint density at radius 2 is 1.77 bits per heavy atom. The first kappa shape index (κ1) is 20.0. The summed E-state index contributed by atoms with van der Waals surface area (Å²) in [5.41, 5.74) is 1.93. The van der Waals surface area contributed by atoms with Crippen LogP contribution in [0, 0.1) is 6.92 Å². The standard InChI is InChI=1S/C20H22BrNO4/c1-3-17(15-8-10-16(21)11-9-15)22-19(23)12-26-20(24)13-25-18-7-5-4-6-14(18)2/h4-11,17H,3,12-13H2,1-2H3,(H,22,23)/t17-/m0/s1. The molecule has 1 N–H and O–H groups in total. The van der Waals surface area contributed by atoms with Crippen molar-refractivity contribution >= 4 is 27.8 Å². The van der Waals surface area contributed by atoms with Crippen LogP contribution < -0.4 is 10.1 Å². The van der Waals surface area contributed by atoms with E-state index in [4.69, 9.17) is 9.47 Å².